The molecule has 7 nitrogen and oxygen atoms in total. The molecule has 26 heavy (non-hydrogen) atoms. The molecule has 0 fully saturated rings. The van der Waals surface area contributed by atoms with Crippen molar-refractivity contribution in [2.24, 2.45) is 5.73 Å². The fourth-order valence-corrected chi connectivity index (χ4v) is 2.78. The smallest absolute Gasteiger partial charge is 0.492 e. The van der Waals surface area contributed by atoms with Gasteiger partial charge in [-0.15, -0.1) is 0 Å². The van der Waals surface area contributed by atoms with Crippen LogP contribution in [0.3, 0.4) is 0 Å². The molecule has 0 saturated heterocycles. The summed E-state index contributed by atoms with van der Waals surface area (Å²) in [5, 5.41) is 19.0. The van der Waals surface area contributed by atoms with Crippen molar-refractivity contribution in [1.29, 1.82) is 0 Å². The van der Waals surface area contributed by atoms with Crippen molar-refractivity contribution in [3.05, 3.63) is 48.0 Å². The number of carboxylic acid groups (broad SMARTS) is 1. The van der Waals surface area contributed by atoms with E-state index in [9.17, 15) is 9.82 Å². The number of hydrogen-bond acceptors (Lipinski definition) is 6. The van der Waals surface area contributed by atoms with Gasteiger partial charge in [-0.3, -0.25) is 4.79 Å². The minimum absolute atomic E-state index is 0.202. The first-order chi connectivity index (χ1) is 12.6. The second-order valence-electron chi connectivity index (χ2n) is 5.93. The first-order valence-corrected chi connectivity index (χ1v) is 8.37. The number of hydrogen-bond donors (Lipinski definition) is 3. The van der Waals surface area contributed by atoms with Crippen LogP contribution < -0.4 is 20.7 Å². The maximum atomic E-state index is 10.9. The Bertz CT molecular complexity index is 784. The van der Waals surface area contributed by atoms with Crippen LogP contribution in [-0.2, 0) is 9.45 Å². The Morgan fingerprint density at radius 3 is 2.73 bits per heavy atom. The van der Waals surface area contributed by atoms with Gasteiger partial charge >= 0.3 is 13.1 Å². The fraction of sp³-hybridized carbons (Fsp3) is 0.278. The number of fused-ring (bicyclic) bond motifs is 1. The van der Waals surface area contributed by atoms with E-state index in [-0.39, 0.29) is 6.42 Å². The van der Waals surface area contributed by atoms with E-state index in [2.05, 4.69) is 0 Å². The summed E-state index contributed by atoms with van der Waals surface area (Å²) in [7, 11) is -1.16. The van der Waals surface area contributed by atoms with E-state index in [4.69, 9.17) is 25.0 Å². The van der Waals surface area contributed by atoms with Gasteiger partial charge in [0.2, 0.25) is 0 Å². The Balaban J connectivity index is 1.73. The van der Waals surface area contributed by atoms with Gasteiger partial charge in [0.25, 0.3) is 0 Å². The molecule has 1 atom stereocenters. The number of nitrogens with two attached hydrogens (primary N) is 1. The molecule has 0 saturated carbocycles. The quantitative estimate of drug-likeness (QED) is 0.484. The Morgan fingerprint density at radius 1 is 1.19 bits per heavy atom. The highest BCUT2D eigenvalue weighted by molar-refractivity contribution is 6.61. The summed E-state index contributed by atoms with van der Waals surface area (Å²) in [4.78, 5) is 10.9. The van der Waals surface area contributed by atoms with Crippen LogP contribution in [0.1, 0.15) is 24.5 Å². The number of carboxylic acids is 1. The zero-order chi connectivity index (χ0) is 18.5. The van der Waals surface area contributed by atoms with Crippen molar-refractivity contribution in [2.75, 3.05) is 13.2 Å². The number of ether oxygens (including phenoxy) is 2. The fourth-order valence-electron chi connectivity index (χ4n) is 2.78. The Kier molecular flexibility index (Phi) is 5.77. The first-order valence-electron chi connectivity index (χ1n) is 8.37. The van der Waals surface area contributed by atoms with Gasteiger partial charge in [0.05, 0.1) is 19.1 Å². The molecule has 0 bridgehead atoms. The molecular weight excluding hydrogens is 337 g/mol. The molecule has 0 aromatic heterocycles. The van der Waals surface area contributed by atoms with Crippen LogP contribution >= 0.6 is 0 Å². The SMILES string of the molecule is NCCCOc1cccc(Oc2ccc3c(c2)B(O)OC3CC(=O)O)c1. The third-order valence-corrected chi connectivity index (χ3v) is 3.98. The van der Waals surface area contributed by atoms with Gasteiger partial charge in [-0.25, -0.2) is 0 Å². The summed E-state index contributed by atoms with van der Waals surface area (Å²) in [5.74, 6) is 0.802. The molecule has 1 aliphatic heterocycles. The van der Waals surface area contributed by atoms with E-state index in [1.54, 1.807) is 30.3 Å². The summed E-state index contributed by atoms with van der Waals surface area (Å²) in [6.07, 6.45) is -0.0941. The highest BCUT2D eigenvalue weighted by Gasteiger charge is 2.36. The van der Waals surface area contributed by atoms with E-state index in [1.807, 2.05) is 12.1 Å². The van der Waals surface area contributed by atoms with Crippen molar-refractivity contribution in [3.63, 3.8) is 0 Å². The predicted molar refractivity (Wildman–Crippen MR) is 95.8 cm³/mol. The average Bonchev–Trinajstić information content (AvgIpc) is 2.90. The molecular formula is C18H20BNO6. The lowest BCUT2D eigenvalue weighted by Gasteiger charge is -2.11. The van der Waals surface area contributed by atoms with E-state index >= 15 is 0 Å². The van der Waals surface area contributed by atoms with E-state index in [1.165, 1.54) is 0 Å². The zero-order valence-corrected chi connectivity index (χ0v) is 14.1. The summed E-state index contributed by atoms with van der Waals surface area (Å²) < 4.78 is 16.7. The number of rotatable bonds is 8. The minimum Gasteiger partial charge on any atom is -0.493 e. The molecule has 2 aromatic carbocycles. The van der Waals surface area contributed by atoms with Gasteiger partial charge < -0.3 is 30.0 Å². The average molecular weight is 357 g/mol. The third kappa shape index (κ3) is 4.34. The van der Waals surface area contributed by atoms with Crippen LogP contribution in [0.4, 0.5) is 0 Å². The van der Waals surface area contributed by atoms with Crippen LogP contribution in [0.25, 0.3) is 0 Å². The molecule has 0 radical (unpaired) electrons. The molecule has 1 unspecified atom stereocenters. The summed E-state index contributed by atoms with van der Waals surface area (Å²) in [6, 6.07) is 12.3. The Hall–Kier alpha value is -2.55. The van der Waals surface area contributed by atoms with E-state index < -0.39 is 19.2 Å². The van der Waals surface area contributed by atoms with Crippen molar-refractivity contribution < 1.29 is 29.1 Å². The van der Waals surface area contributed by atoms with Gasteiger partial charge in [-0.1, -0.05) is 12.1 Å². The molecule has 0 spiro atoms. The van der Waals surface area contributed by atoms with Crippen molar-refractivity contribution in [3.8, 4) is 17.2 Å². The van der Waals surface area contributed by atoms with Crippen molar-refractivity contribution in [2.45, 2.75) is 18.9 Å². The molecule has 136 valence electrons. The molecule has 8 heteroatoms. The second kappa shape index (κ2) is 8.22. The molecule has 1 aliphatic rings. The van der Waals surface area contributed by atoms with Gasteiger partial charge in [0.15, 0.2) is 0 Å². The monoisotopic (exact) mass is 357 g/mol. The van der Waals surface area contributed by atoms with Crippen LogP contribution in [0.5, 0.6) is 17.2 Å². The molecule has 1 heterocycles. The highest BCUT2D eigenvalue weighted by Crippen LogP contribution is 2.31. The topological polar surface area (TPSA) is 111 Å². The van der Waals surface area contributed by atoms with Crippen LogP contribution in [0.15, 0.2) is 42.5 Å². The first kappa shape index (κ1) is 18.3. The molecule has 3 rings (SSSR count). The highest BCUT2D eigenvalue weighted by atomic mass is 16.5. The lowest BCUT2D eigenvalue weighted by molar-refractivity contribution is -0.138. The maximum absolute atomic E-state index is 10.9. The summed E-state index contributed by atoms with van der Waals surface area (Å²) in [6.45, 7) is 1.10. The van der Waals surface area contributed by atoms with Crippen LogP contribution in [0, 0.1) is 0 Å². The second-order valence-corrected chi connectivity index (χ2v) is 5.93. The number of carbonyl (C=O) groups is 1. The lowest BCUT2D eigenvalue weighted by atomic mass is 9.79. The normalized spacial score (nSPS) is 15.6. The Labute approximate surface area is 151 Å². The molecule has 4 N–H and O–H groups in total. The van der Waals surface area contributed by atoms with Gasteiger partial charge in [-0.2, -0.15) is 0 Å². The Morgan fingerprint density at radius 2 is 1.96 bits per heavy atom. The van der Waals surface area contributed by atoms with E-state index in [0.29, 0.717) is 41.4 Å². The van der Waals surface area contributed by atoms with Gasteiger partial charge in [-0.05, 0) is 48.3 Å². The van der Waals surface area contributed by atoms with E-state index in [0.717, 1.165) is 6.42 Å². The number of aliphatic carboxylic acids is 1. The lowest BCUT2D eigenvalue weighted by Crippen LogP contribution is -2.28. The molecule has 0 amide bonds. The van der Waals surface area contributed by atoms with Gasteiger partial charge in [0.1, 0.15) is 17.2 Å². The van der Waals surface area contributed by atoms with Crippen LogP contribution in [0.2, 0.25) is 0 Å². The van der Waals surface area contributed by atoms with Crippen LogP contribution in [-0.4, -0.2) is 36.4 Å². The molecule has 0 aliphatic carbocycles. The summed E-state index contributed by atoms with van der Waals surface area (Å²) >= 11 is 0. The predicted octanol–water partition coefficient (Wildman–Crippen LogP) is 1.44. The number of benzene rings is 2. The standard InChI is InChI=1S/C18H20BNO6/c20-7-2-8-24-12-3-1-4-13(9-12)25-14-5-6-15-16(10-14)19(23)26-17(15)11-18(21)22/h1,3-6,9-10,17,23H,2,7-8,11,20H2,(H,21,22). The van der Waals surface area contributed by atoms with Crippen molar-refractivity contribution in [1.82, 2.24) is 0 Å². The largest absolute Gasteiger partial charge is 0.493 e. The van der Waals surface area contributed by atoms with Crippen molar-refractivity contribution >= 4 is 18.6 Å². The minimum atomic E-state index is -1.16. The maximum Gasteiger partial charge on any atom is 0.492 e. The summed E-state index contributed by atoms with van der Waals surface area (Å²) in [5.41, 5.74) is 6.63. The third-order valence-electron chi connectivity index (χ3n) is 3.98. The molecule has 2 aromatic rings. The zero-order valence-electron chi connectivity index (χ0n) is 14.1. The van der Waals surface area contributed by atoms with Gasteiger partial charge in [0, 0.05) is 6.07 Å².